The fourth-order valence-corrected chi connectivity index (χ4v) is 6.48. The van der Waals surface area contributed by atoms with Gasteiger partial charge in [-0.2, -0.15) is 0 Å². The zero-order chi connectivity index (χ0) is 35.8. The Morgan fingerprint density at radius 1 is 0.688 bits per heavy atom. The highest BCUT2D eigenvalue weighted by Gasteiger charge is 2.27. The van der Waals surface area contributed by atoms with Crippen molar-refractivity contribution in [3.05, 3.63) is 12.2 Å². The maximum atomic E-state index is 12.8. The number of amides is 1. The minimum absolute atomic E-state index is 0.0641. The van der Waals surface area contributed by atoms with Gasteiger partial charge < -0.3 is 19.8 Å². The number of nitrogens with one attached hydrogen (secondary N) is 1. The Morgan fingerprint density at radius 3 is 1.54 bits per heavy atom. The van der Waals surface area contributed by atoms with E-state index in [-0.39, 0.29) is 19.1 Å². The normalized spacial score (nSPS) is 14.7. The molecule has 0 heterocycles. The van der Waals surface area contributed by atoms with Gasteiger partial charge in [0.2, 0.25) is 5.91 Å². The number of carbonyl (C=O) groups excluding carboxylic acids is 1. The van der Waals surface area contributed by atoms with E-state index in [1.807, 2.05) is 27.2 Å². The molecule has 0 aromatic rings. The molecule has 0 aliphatic carbocycles. The van der Waals surface area contributed by atoms with Crippen molar-refractivity contribution >= 4 is 13.7 Å². The Bertz CT molecular complexity index is 804. The molecule has 3 unspecified atom stereocenters. The van der Waals surface area contributed by atoms with Crippen molar-refractivity contribution in [2.45, 2.75) is 193 Å². The number of likely N-dealkylation sites (N-methyl/N-ethyl adjacent to an activating group) is 1. The van der Waals surface area contributed by atoms with E-state index in [0.29, 0.717) is 17.4 Å². The van der Waals surface area contributed by atoms with Crippen molar-refractivity contribution in [1.29, 1.82) is 0 Å². The fourth-order valence-electron chi connectivity index (χ4n) is 5.75. The molecule has 286 valence electrons. The summed E-state index contributed by atoms with van der Waals surface area (Å²) >= 11 is 0. The largest absolute Gasteiger partial charge is 0.472 e. The molecule has 0 saturated carbocycles. The molecule has 48 heavy (non-hydrogen) atoms. The number of hydrogen-bond donors (Lipinski definition) is 3. The van der Waals surface area contributed by atoms with Crippen LogP contribution in [0.25, 0.3) is 0 Å². The Balaban J connectivity index is 4.41. The zero-order valence-corrected chi connectivity index (χ0v) is 33.1. The average molecular weight is 704 g/mol. The molecule has 0 aromatic carbocycles. The number of phosphoric ester groups is 1. The third-order valence-electron chi connectivity index (χ3n) is 9.01. The van der Waals surface area contributed by atoms with E-state index in [1.165, 1.54) is 122 Å². The van der Waals surface area contributed by atoms with E-state index < -0.39 is 20.0 Å². The van der Waals surface area contributed by atoms with Gasteiger partial charge in [0, 0.05) is 6.42 Å². The summed E-state index contributed by atoms with van der Waals surface area (Å²) in [6.45, 7) is 4.79. The van der Waals surface area contributed by atoms with Crippen molar-refractivity contribution in [2.24, 2.45) is 0 Å². The summed E-state index contributed by atoms with van der Waals surface area (Å²) in [6, 6.07) is -0.837. The molecule has 3 N–H and O–H groups in total. The van der Waals surface area contributed by atoms with Crippen LogP contribution >= 0.6 is 7.82 Å². The lowest BCUT2D eigenvalue weighted by atomic mass is 10.0. The molecular weight excluding hydrogens is 623 g/mol. The summed E-state index contributed by atoms with van der Waals surface area (Å²) in [4.78, 5) is 23.0. The summed E-state index contributed by atoms with van der Waals surface area (Å²) in [5.41, 5.74) is 0. The molecule has 0 saturated heterocycles. The number of nitrogens with zero attached hydrogens (tertiary/aromatic N) is 1. The van der Waals surface area contributed by atoms with E-state index in [9.17, 15) is 19.4 Å². The Morgan fingerprint density at radius 2 is 1.10 bits per heavy atom. The third kappa shape index (κ3) is 33.7. The van der Waals surface area contributed by atoms with Crippen molar-refractivity contribution < 1.29 is 32.9 Å². The lowest BCUT2D eigenvalue weighted by Crippen LogP contribution is -2.45. The van der Waals surface area contributed by atoms with E-state index in [4.69, 9.17) is 9.05 Å². The summed E-state index contributed by atoms with van der Waals surface area (Å²) in [5.74, 6) is -0.178. The minimum Gasteiger partial charge on any atom is -0.387 e. The van der Waals surface area contributed by atoms with Gasteiger partial charge in [-0.3, -0.25) is 13.8 Å². The molecular formula is C39H80N2O6P+. The molecule has 3 atom stereocenters. The van der Waals surface area contributed by atoms with Crippen LogP contribution in [-0.4, -0.2) is 73.4 Å². The van der Waals surface area contributed by atoms with Gasteiger partial charge in [-0.05, 0) is 19.3 Å². The predicted molar refractivity (Wildman–Crippen MR) is 203 cm³/mol. The number of phosphoric acid groups is 1. The van der Waals surface area contributed by atoms with Crippen LogP contribution in [0.4, 0.5) is 0 Å². The van der Waals surface area contributed by atoms with Crippen LogP contribution in [0.5, 0.6) is 0 Å². The number of quaternary nitrogens is 1. The molecule has 0 aliphatic rings. The topological polar surface area (TPSA) is 105 Å². The van der Waals surface area contributed by atoms with Gasteiger partial charge in [-0.25, -0.2) is 4.57 Å². The summed E-state index contributed by atoms with van der Waals surface area (Å²) in [7, 11) is 1.58. The van der Waals surface area contributed by atoms with E-state index in [1.54, 1.807) is 6.08 Å². The van der Waals surface area contributed by atoms with Crippen LogP contribution in [0.15, 0.2) is 12.2 Å². The quantitative estimate of drug-likeness (QED) is 0.0260. The highest BCUT2D eigenvalue weighted by Crippen LogP contribution is 2.43. The second-order valence-electron chi connectivity index (χ2n) is 15.0. The van der Waals surface area contributed by atoms with Crippen LogP contribution in [0.1, 0.15) is 181 Å². The fraction of sp³-hybridized carbons (Fsp3) is 0.923. The molecule has 0 rings (SSSR count). The number of hydrogen-bond acceptors (Lipinski definition) is 5. The van der Waals surface area contributed by atoms with Crippen LogP contribution < -0.4 is 5.32 Å². The molecule has 0 fully saturated rings. The maximum absolute atomic E-state index is 12.8. The first-order chi connectivity index (χ1) is 23.0. The minimum atomic E-state index is -4.32. The van der Waals surface area contributed by atoms with Crippen molar-refractivity contribution in [3.63, 3.8) is 0 Å². The third-order valence-corrected chi connectivity index (χ3v) is 9.99. The first kappa shape index (κ1) is 47.2. The Hall–Kier alpha value is -0.760. The smallest absolute Gasteiger partial charge is 0.387 e. The van der Waals surface area contributed by atoms with Crippen molar-refractivity contribution in [1.82, 2.24) is 5.32 Å². The van der Waals surface area contributed by atoms with Gasteiger partial charge in [0.25, 0.3) is 0 Å². The number of allylic oxidation sites excluding steroid dienone is 1. The number of unbranched alkanes of at least 4 members (excludes halogenated alkanes) is 23. The summed E-state index contributed by atoms with van der Waals surface area (Å²) in [6.07, 6.45) is 34.1. The number of aliphatic hydroxyl groups excluding tert-OH is 1. The zero-order valence-electron chi connectivity index (χ0n) is 32.2. The van der Waals surface area contributed by atoms with Crippen LogP contribution in [0, 0.1) is 0 Å². The first-order valence-corrected chi connectivity index (χ1v) is 21.6. The molecule has 8 nitrogen and oxygen atoms in total. The van der Waals surface area contributed by atoms with Gasteiger partial charge in [0.15, 0.2) is 0 Å². The van der Waals surface area contributed by atoms with E-state index in [2.05, 4.69) is 19.2 Å². The van der Waals surface area contributed by atoms with E-state index >= 15 is 0 Å². The van der Waals surface area contributed by atoms with E-state index in [0.717, 1.165) is 38.5 Å². The number of aliphatic hydroxyl groups is 1. The van der Waals surface area contributed by atoms with Crippen LogP contribution in [0.3, 0.4) is 0 Å². The van der Waals surface area contributed by atoms with Crippen molar-refractivity contribution in [2.75, 3.05) is 40.9 Å². The number of rotatable bonds is 36. The van der Waals surface area contributed by atoms with Gasteiger partial charge in [0.1, 0.15) is 13.2 Å². The molecule has 0 spiro atoms. The average Bonchev–Trinajstić information content (AvgIpc) is 3.02. The van der Waals surface area contributed by atoms with Crippen LogP contribution in [-0.2, 0) is 18.4 Å². The Labute approximate surface area is 297 Å². The number of carbonyl (C=O) groups is 1. The monoisotopic (exact) mass is 704 g/mol. The second kappa shape index (κ2) is 32.2. The van der Waals surface area contributed by atoms with Crippen LogP contribution in [0.2, 0.25) is 0 Å². The van der Waals surface area contributed by atoms with Gasteiger partial charge >= 0.3 is 7.82 Å². The molecule has 0 aliphatic heterocycles. The highest BCUT2D eigenvalue weighted by atomic mass is 31.2. The van der Waals surface area contributed by atoms with Gasteiger partial charge in [-0.1, -0.05) is 167 Å². The maximum Gasteiger partial charge on any atom is 0.472 e. The molecule has 0 bridgehead atoms. The lowest BCUT2D eigenvalue weighted by Gasteiger charge is -2.25. The van der Waals surface area contributed by atoms with Gasteiger partial charge in [0.05, 0.1) is 39.9 Å². The SMILES string of the molecule is CCCCCCCCCC/C=C/C(O)C(COP(=O)(O)OCC[N+](C)(C)C)NC(=O)CCCCCCCCCCCCCCCCCC. The summed E-state index contributed by atoms with van der Waals surface area (Å²) in [5, 5.41) is 13.7. The standard InChI is InChI=1S/C39H79N2O6P/c1-6-8-10-12-14-16-18-19-20-21-22-23-25-27-29-31-33-39(43)40-37(36-47-48(44,45)46-35-34-41(3,4)5)38(42)32-30-28-26-24-17-15-13-11-9-7-2/h30,32,37-38,42H,6-29,31,33-36H2,1-5H3,(H-,40,43,44,45)/p+1/b32-30+. The molecule has 0 radical (unpaired) electrons. The molecule has 0 aromatic heterocycles. The van der Waals surface area contributed by atoms with Gasteiger partial charge in [-0.15, -0.1) is 0 Å². The second-order valence-corrected chi connectivity index (χ2v) is 16.5. The first-order valence-electron chi connectivity index (χ1n) is 20.1. The molecule has 1 amide bonds. The van der Waals surface area contributed by atoms with Crippen molar-refractivity contribution in [3.8, 4) is 0 Å². The summed E-state index contributed by atoms with van der Waals surface area (Å²) < 4.78 is 23.4. The lowest BCUT2D eigenvalue weighted by molar-refractivity contribution is -0.870. The predicted octanol–water partition coefficient (Wildman–Crippen LogP) is 10.4. The Kier molecular flexibility index (Phi) is 31.7. The highest BCUT2D eigenvalue weighted by molar-refractivity contribution is 7.47. The molecule has 9 heteroatoms.